The third-order valence-corrected chi connectivity index (χ3v) is 4.76. The van der Waals surface area contributed by atoms with Gasteiger partial charge in [0.2, 0.25) is 0 Å². The molecule has 18 heavy (non-hydrogen) atoms. The zero-order chi connectivity index (χ0) is 11.9. The highest BCUT2D eigenvalue weighted by Crippen LogP contribution is 2.52. The lowest BCUT2D eigenvalue weighted by molar-refractivity contribution is 0.233. The van der Waals surface area contributed by atoms with Gasteiger partial charge < -0.3 is 15.2 Å². The molecule has 3 atom stereocenters. The number of hydrogen-bond acceptors (Lipinski definition) is 4. The first-order valence-corrected chi connectivity index (χ1v) is 7.08. The molecule has 3 rings (SSSR count). The molecule has 2 aliphatic rings. The summed E-state index contributed by atoms with van der Waals surface area (Å²) in [6.07, 6.45) is 3.49. The standard InChI is InChI=1S/C13H18N2OS.ClH/c1-2-5-9-8-13(9,14)12-16-11-7-4-3-6-10(11)15-17-12;/h3-4,6-7,9,12,15H,2,5,8,14H2,1H3;1H. The van der Waals surface area contributed by atoms with Crippen LogP contribution in [0.1, 0.15) is 26.2 Å². The summed E-state index contributed by atoms with van der Waals surface area (Å²) in [6.45, 7) is 2.21. The molecule has 1 fully saturated rings. The van der Waals surface area contributed by atoms with Gasteiger partial charge in [0, 0.05) is 0 Å². The summed E-state index contributed by atoms with van der Waals surface area (Å²) in [7, 11) is 0. The number of fused-ring (bicyclic) bond motifs is 1. The first-order chi connectivity index (χ1) is 8.24. The monoisotopic (exact) mass is 286 g/mol. The van der Waals surface area contributed by atoms with Gasteiger partial charge in [-0.2, -0.15) is 0 Å². The van der Waals surface area contributed by atoms with Crippen LogP contribution in [0.4, 0.5) is 5.69 Å². The molecule has 3 unspecified atom stereocenters. The molecule has 1 aromatic carbocycles. The molecule has 100 valence electrons. The van der Waals surface area contributed by atoms with Crippen LogP contribution in [0.5, 0.6) is 5.75 Å². The maximum absolute atomic E-state index is 6.42. The first kappa shape index (κ1) is 13.8. The van der Waals surface area contributed by atoms with Crippen LogP contribution in [0.3, 0.4) is 0 Å². The highest BCUT2D eigenvalue weighted by atomic mass is 35.5. The lowest BCUT2D eigenvalue weighted by Crippen LogP contribution is -2.43. The van der Waals surface area contributed by atoms with Gasteiger partial charge >= 0.3 is 0 Å². The normalized spacial score (nSPS) is 32.6. The van der Waals surface area contributed by atoms with E-state index < -0.39 is 0 Å². The van der Waals surface area contributed by atoms with Crippen LogP contribution in [0, 0.1) is 5.92 Å². The Bertz CT molecular complexity index is 431. The van der Waals surface area contributed by atoms with Gasteiger partial charge in [-0.3, -0.25) is 0 Å². The second-order valence-corrected chi connectivity index (χ2v) is 5.84. The van der Waals surface area contributed by atoms with E-state index in [-0.39, 0.29) is 23.4 Å². The summed E-state index contributed by atoms with van der Waals surface area (Å²) in [5.74, 6) is 1.54. The summed E-state index contributed by atoms with van der Waals surface area (Å²) < 4.78 is 9.34. The van der Waals surface area contributed by atoms with Crippen molar-refractivity contribution in [3.05, 3.63) is 24.3 Å². The number of nitrogens with one attached hydrogen (secondary N) is 1. The zero-order valence-electron chi connectivity index (χ0n) is 10.4. The van der Waals surface area contributed by atoms with E-state index in [1.54, 1.807) is 11.9 Å². The average molecular weight is 287 g/mol. The first-order valence-electron chi connectivity index (χ1n) is 6.20. The number of hydrogen-bond donors (Lipinski definition) is 2. The minimum absolute atomic E-state index is 0. The number of halogens is 1. The van der Waals surface area contributed by atoms with E-state index in [0.29, 0.717) is 5.92 Å². The zero-order valence-corrected chi connectivity index (χ0v) is 12.0. The van der Waals surface area contributed by atoms with E-state index in [9.17, 15) is 0 Å². The van der Waals surface area contributed by atoms with Crippen LogP contribution in [-0.2, 0) is 0 Å². The number of ether oxygens (including phenoxy) is 1. The predicted molar refractivity (Wildman–Crippen MR) is 79.3 cm³/mol. The van der Waals surface area contributed by atoms with Gasteiger partial charge in [-0.1, -0.05) is 25.5 Å². The molecule has 0 radical (unpaired) electrons. The van der Waals surface area contributed by atoms with Gasteiger partial charge in [-0.15, -0.1) is 12.4 Å². The second kappa shape index (κ2) is 5.19. The van der Waals surface area contributed by atoms with Crippen molar-refractivity contribution in [3.8, 4) is 5.75 Å². The number of para-hydroxylation sites is 2. The van der Waals surface area contributed by atoms with Crippen molar-refractivity contribution in [2.45, 2.75) is 37.2 Å². The lowest BCUT2D eigenvalue weighted by Gasteiger charge is -2.30. The van der Waals surface area contributed by atoms with E-state index in [4.69, 9.17) is 10.5 Å². The molecule has 1 aliphatic heterocycles. The Morgan fingerprint density at radius 3 is 3.06 bits per heavy atom. The minimum atomic E-state index is -0.138. The molecule has 1 aliphatic carbocycles. The summed E-state index contributed by atoms with van der Waals surface area (Å²) >= 11 is 1.61. The molecule has 1 saturated carbocycles. The van der Waals surface area contributed by atoms with Crippen LogP contribution in [0.15, 0.2) is 24.3 Å². The maximum Gasteiger partial charge on any atom is 0.181 e. The molecule has 0 spiro atoms. The minimum Gasteiger partial charge on any atom is -0.474 e. The van der Waals surface area contributed by atoms with Crippen molar-refractivity contribution >= 4 is 30.0 Å². The molecule has 0 aromatic heterocycles. The Hall–Kier alpha value is -0.580. The Morgan fingerprint density at radius 2 is 2.28 bits per heavy atom. The van der Waals surface area contributed by atoms with E-state index >= 15 is 0 Å². The van der Waals surface area contributed by atoms with Gasteiger partial charge in [0.1, 0.15) is 5.75 Å². The van der Waals surface area contributed by atoms with E-state index in [2.05, 4.69) is 11.6 Å². The van der Waals surface area contributed by atoms with Crippen LogP contribution in [-0.4, -0.2) is 11.0 Å². The van der Waals surface area contributed by atoms with Crippen LogP contribution in [0.2, 0.25) is 0 Å². The fourth-order valence-electron chi connectivity index (χ4n) is 2.51. The Morgan fingerprint density at radius 1 is 1.50 bits per heavy atom. The molecule has 1 aromatic rings. The summed E-state index contributed by atoms with van der Waals surface area (Å²) in [5.41, 5.74) is 7.37. The summed E-state index contributed by atoms with van der Waals surface area (Å²) in [6, 6.07) is 8.02. The average Bonchev–Trinajstić information content (AvgIpc) is 3.01. The fourth-order valence-corrected chi connectivity index (χ4v) is 3.57. The maximum atomic E-state index is 6.42. The SMILES string of the molecule is CCCC1CC1(N)C1Oc2ccccc2NS1.Cl. The summed E-state index contributed by atoms with van der Waals surface area (Å²) in [4.78, 5) is 0. The third-order valence-electron chi connectivity index (χ3n) is 3.67. The fraction of sp³-hybridized carbons (Fsp3) is 0.538. The highest BCUT2D eigenvalue weighted by molar-refractivity contribution is 8.01. The number of anilines is 1. The molecule has 3 nitrogen and oxygen atoms in total. The molecule has 0 bridgehead atoms. The van der Waals surface area contributed by atoms with Crippen molar-refractivity contribution in [2.24, 2.45) is 11.7 Å². The quantitative estimate of drug-likeness (QED) is 0.836. The summed E-state index contributed by atoms with van der Waals surface area (Å²) in [5, 5.41) is 0. The molecular weight excluding hydrogens is 268 g/mol. The molecule has 0 saturated heterocycles. The molecule has 3 N–H and O–H groups in total. The van der Waals surface area contributed by atoms with Crippen LogP contribution < -0.4 is 15.2 Å². The van der Waals surface area contributed by atoms with Crippen molar-refractivity contribution in [1.29, 1.82) is 0 Å². The predicted octanol–water partition coefficient (Wildman–Crippen LogP) is 3.40. The Kier molecular flexibility index (Phi) is 3.99. The van der Waals surface area contributed by atoms with E-state index in [1.807, 2.05) is 24.3 Å². The van der Waals surface area contributed by atoms with Crippen LogP contribution >= 0.6 is 24.4 Å². The van der Waals surface area contributed by atoms with Gasteiger partial charge in [-0.05, 0) is 42.8 Å². The van der Waals surface area contributed by atoms with Gasteiger partial charge in [0.15, 0.2) is 5.44 Å². The van der Waals surface area contributed by atoms with Crippen molar-refractivity contribution < 1.29 is 4.74 Å². The number of benzene rings is 1. The number of nitrogens with two attached hydrogens (primary N) is 1. The third kappa shape index (κ3) is 2.29. The van der Waals surface area contributed by atoms with Gasteiger partial charge in [-0.25, -0.2) is 0 Å². The molecule has 5 heteroatoms. The topological polar surface area (TPSA) is 47.3 Å². The Labute approximate surface area is 118 Å². The van der Waals surface area contributed by atoms with E-state index in [1.165, 1.54) is 12.8 Å². The van der Waals surface area contributed by atoms with E-state index in [0.717, 1.165) is 17.9 Å². The van der Waals surface area contributed by atoms with Gasteiger partial charge in [0.05, 0.1) is 11.2 Å². The van der Waals surface area contributed by atoms with Crippen molar-refractivity contribution in [3.63, 3.8) is 0 Å². The molecule has 1 heterocycles. The van der Waals surface area contributed by atoms with Gasteiger partial charge in [0.25, 0.3) is 0 Å². The van der Waals surface area contributed by atoms with Crippen molar-refractivity contribution in [1.82, 2.24) is 0 Å². The largest absolute Gasteiger partial charge is 0.474 e. The number of rotatable bonds is 3. The van der Waals surface area contributed by atoms with Crippen LogP contribution in [0.25, 0.3) is 0 Å². The highest BCUT2D eigenvalue weighted by Gasteiger charge is 2.58. The molecule has 0 amide bonds. The molecular formula is C13H19ClN2OS. The second-order valence-electron chi connectivity index (χ2n) is 4.97. The Balaban J connectivity index is 0.00000120. The smallest absolute Gasteiger partial charge is 0.181 e. The van der Waals surface area contributed by atoms with Crippen molar-refractivity contribution in [2.75, 3.05) is 4.72 Å². The lowest BCUT2D eigenvalue weighted by atomic mass is 10.1.